The van der Waals surface area contributed by atoms with Gasteiger partial charge in [-0.3, -0.25) is 0 Å². The van der Waals surface area contributed by atoms with Crippen molar-refractivity contribution in [3.63, 3.8) is 0 Å². The van der Waals surface area contributed by atoms with E-state index in [2.05, 4.69) is 28.0 Å². The second-order valence-corrected chi connectivity index (χ2v) is 5.58. The molecule has 0 aliphatic carbocycles. The first-order valence-corrected chi connectivity index (χ1v) is 6.57. The fourth-order valence-electron chi connectivity index (χ4n) is 2.86. The van der Waals surface area contributed by atoms with Crippen molar-refractivity contribution in [2.45, 2.75) is 39.2 Å². The molecule has 0 radical (unpaired) electrons. The molecule has 1 fully saturated rings. The van der Waals surface area contributed by atoms with Gasteiger partial charge in [-0.15, -0.1) is 0 Å². The van der Waals surface area contributed by atoms with Crippen molar-refractivity contribution in [3.8, 4) is 0 Å². The summed E-state index contributed by atoms with van der Waals surface area (Å²) in [6.07, 6.45) is 4.58. The molecular formula is C14H20N4. The van der Waals surface area contributed by atoms with Crippen LogP contribution in [0.25, 0.3) is 11.2 Å². The minimum absolute atomic E-state index is 0.0515. The molecule has 2 aromatic heterocycles. The van der Waals surface area contributed by atoms with E-state index in [0.717, 1.165) is 29.1 Å². The summed E-state index contributed by atoms with van der Waals surface area (Å²) < 4.78 is 2.09. The summed E-state index contributed by atoms with van der Waals surface area (Å²) >= 11 is 0. The average molecular weight is 244 g/mol. The Morgan fingerprint density at radius 1 is 1.28 bits per heavy atom. The number of nitrogens with zero attached hydrogens (tertiary/aromatic N) is 3. The lowest BCUT2D eigenvalue weighted by molar-refractivity contribution is 0.437. The topological polar surface area (TPSA) is 42.7 Å². The van der Waals surface area contributed by atoms with Gasteiger partial charge in [-0.25, -0.2) is 9.97 Å². The molecule has 1 saturated heterocycles. The van der Waals surface area contributed by atoms with Gasteiger partial charge in [0.2, 0.25) is 0 Å². The van der Waals surface area contributed by atoms with Gasteiger partial charge in [0.1, 0.15) is 5.52 Å². The van der Waals surface area contributed by atoms with Gasteiger partial charge in [0, 0.05) is 24.3 Å². The summed E-state index contributed by atoms with van der Waals surface area (Å²) in [5, 5.41) is 3.61. The van der Waals surface area contributed by atoms with E-state index in [1.165, 1.54) is 18.4 Å². The Morgan fingerprint density at radius 3 is 2.67 bits per heavy atom. The molecule has 3 heterocycles. The number of nitrogens with one attached hydrogen (secondary N) is 1. The van der Waals surface area contributed by atoms with Gasteiger partial charge in [0.25, 0.3) is 0 Å². The molecular weight excluding hydrogens is 224 g/mol. The van der Waals surface area contributed by atoms with Gasteiger partial charge < -0.3 is 9.88 Å². The van der Waals surface area contributed by atoms with Crippen molar-refractivity contribution in [2.24, 2.45) is 7.05 Å². The minimum atomic E-state index is 0.0515. The number of rotatable bonds is 1. The Labute approximate surface area is 107 Å². The van der Waals surface area contributed by atoms with E-state index in [-0.39, 0.29) is 5.54 Å². The molecule has 2 aromatic rings. The molecule has 18 heavy (non-hydrogen) atoms. The molecule has 96 valence electrons. The van der Waals surface area contributed by atoms with Crippen LogP contribution in [-0.4, -0.2) is 21.1 Å². The van der Waals surface area contributed by atoms with Crippen molar-refractivity contribution in [1.29, 1.82) is 0 Å². The smallest absolute Gasteiger partial charge is 0.159 e. The predicted molar refractivity (Wildman–Crippen MR) is 72.6 cm³/mol. The number of hydrogen-bond acceptors (Lipinski definition) is 3. The molecule has 1 aliphatic heterocycles. The first-order chi connectivity index (χ1) is 8.51. The second-order valence-electron chi connectivity index (χ2n) is 5.58. The van der Waals surface area contributed by atoms with Crippen molar-refractivity contribution in [3.05, 3.63) is 23.1 Å². The van der Waals surface area contributed by atoms with Crippen molar-refractivity contribution >= 4 is 11.2 Å². The van der Waals surface area contributed by atoms with Gasteiger partial charge in [-0.2, -0.15) is 0 Å². The van der Waals surface area contributed by atoms with Crippen LogP contribution < -0.4 is 5.32 Å². The summed E-state index contributed by atoms with van der Waals surface area (Å²) in [4.78, 5) is 9.43. The Morgan fingerprint density at radius 2 is 2.00 bits per heavy atom. The SMILES string of the molecule is Cc1nc2c(C3(C)CCCN3)cn(C)c2nc1C. The highest BCUT2D eigenvalue weighted by atomic mass is 15.1. The quantitative estimate of drug-likeness (QED) is 0.836. The largest absolute Gasteiger partial charge is 0.334 e. The number of hydrogen-bond donors (Lipinski definition) is 1. The highest BCUT2D eigenvalue weighted by molar-refractivity contribution is 5.77. The fourth-order valence-corrected chi connectivity index (χ4v) is 2.86. The van der Waals surface area contributed by atoms with Crippen molar-refractivity contribution in [2.75, 3.05) is 6.54 Å². The van der Waals surface area contributed by atoms with Crippen LogP contribution in [0.2, 0.25) is 0 Å². The Kier molecular flexibility index (Phi) is 2.45. The van der Waals surface area contributed by atoms with Crippen molar-refractivity contribution in [1.82, 2.24) is 19.9 Å². The standard InChI is InChI=1S/C14H20N4/c1-9-10(2)17-13-12(16-9)11(8-18(13)4)14(3)6-5-7-15-14/h8,15H,5-7H2,1-4H3. The van der Waals surface area contributed by atoms with E-state index in [1.807, 2.05) is 20.9 Å². The van der Waals surface area contributed by atoms with E-state index >= 15 is 0 Å². The van der Waals surface area contributed by atoms with Crippen LogP contribution in [0.15, 0.2) is 6.20 Å². The van der Waals surface area contributed by atoms with Crippen LogP contribution in [0.1, 0.15) is 36.7 Å². The van der Waals surface area contributed by atoms with Gasteiger partial charge in [0.05, 0.1) is 11.4 Å². The summed E-state index contributed by atoms with van der Waals surface area (Å²) in [6, 6.07) is 0. The molecule has 0 aromatic carbocycles. The first-order valence-electron chi connectivity index (χ1n) is 6.57. The van der Waals surface area contributed by atoms with Gasteiger partial charge in [-0.1, -0.05) is 0 Å². The minimum Gasteiger partial charge on any atom is -0.334 e. The maximum absolute atomic E-state index is 4.76. The summed E-state index contributed by atoms with van der Waals surface area (Å²) in [6.45, 7) is 7.41. The summed E-state index contributed by atoms with van der Waals surface area (Å²) in [5.74, 6) is 0. The third kappa shape index (κ3) is 1.56. The zero-order valence-electron chi connectivity index (χ0n) is 11.5. The lowest BCUT2D eigenvalue weighted by atomic mass is 9.92. The van der Waals surface area contributed by atoms with Crippen LogP contribution in [0.3, 0.4) is 0 Å². The molecule has 1 N–H and O–H groups in total. The maximum atomic E-state index is 4.76. The summed E-state index contributed by atoms with van der Waals surface area (Å²) in [5.41, 5.74) is 5.42. The van der Waals surface area contributed by atoms with Gasteiger partial charge in [-0.05, 0) is 40.2 Å². The molecule has 4 heteroatoms. The normalized spacial score (nSPS) is 24.0. The number of aromatic nitrogens is 3. The predicted octanol–water partition coefficient (Wildman–Crippen LogP) is 2.18. The van der Waals surface area contributed by atoms with Crippen LogP contribution in [-0.2, 0) is 12.6 Å². The fraction of sp³-hybridized carbons (Fsp3) is 0.571. The van der Waals surface area contributed by atoms with Gasteiger partial charge in [0.15, 0.2) is 5.65 Å². The molecule has 0 saturated carbocycles. The zero-order valence-corrected chi connectivity index (χ0v) is 11.5. The lowest BCUT2D eigenvalue weighted by Gasteiger charge is -2.23. The van der Waals surface area contributed by atoms with Crippen LogP contribution in [0, 0.1) is 13.8 Å². The van der Waals surface area contributed by atoms with E-state index in [9.17, 15) is 0 Å². The molecule has 4 nitrogen and oxygen atoms in total. The number of fused-ring (bicyclic) bond motifs is 1. The van der Waals surface area contributed by atoms with E-state index in [0.29, 0.717) is 0 Å². The highest BCUT2D eigenvalue weighted by Crippen LogP contribution is 2.34. The van der Waals surface area contributed by atoms with E-state index < -0.39 is 0 Å². The van der Waals surface area contributed by atoms with E-state index in [1.54, 1.807) is 0 Å². The second kappa shape index (κ2) is 3.79. The highest BCUT2D eigenvalue weighted by Gasteiger charge is 2.33. The monoisotopic (exact) mass is 244 g/mol. The number of aryl methyl sites for hydroxylation is 3. The molecule has 0 spiro atoms. The lowest BCUT2D eigenvalue weighted by Crippen LogP contribution is -2.33. The van der Waals surface area contributed by atoms with Gasteiger partial charge >= 0.3 is 0 Å². The maximum Gasteiger partial charge on any atom is 0.159 e. The van der Waals surface area contributed by atoms with Crippen LogP contribution in [0.4, 0.5) is 0 Å². The third-order valence-corrected chi connectivity index (χ3v) is 4.16. The van der Waals surface area contributed by atoms with Crippen LogP contribution in [0.5, 0.6) is 0 Å². The molecule has 1 unspecified atom stereocenters. The molecule has 0 bridgehead atoms. The Bertz CT molecular complexity index is 606. The van der Waals surface area contributed by atoms with Crippen molar-refractivity contribution < 1.29 is 0 Å². The molecule has 1 aliphatic rings. The molecule has 1 atom stereocenters. The van der Waals surface area contributed by atoms with Crippen LogP contribution >= 0.6 is 0 Å². The zero-order chi connectivity index (χ0) is 12.9. The third-order valence-electron chi connectivity index (χ3n) is 4.16. The Hall–Kier alpha value is -1.42. The average Bonchev–Trinajstić information content (AvgIpc) is 2.88. The molecule has 0 amide bonds. The summed E-state index contributed by atoms with van der Waals surface area (Å²) in [7, 11) is 2.05. The molecule has 3 rings (SSSR count). The van der Waals surface area contributed by atoms with E-state index in [4.69, 9.17) is 4.98 Å². The Balaban J connectivity index is 2.27. The first kappa shape index (κ1) is 11.7.